The van der Waals surface area contributed by atoms with Crippen molar-refractivity contribution in [2.75, 3.05) is 25.0 Å². The number of hydrogen-bond donors (Lipinski definition) is 0. The van der Waals surface area contributed by atoms with E-state index in [0.717, 1.165) is 31.5 Å². The molecule has 2 atom stereocenters. The highest BCUT2D eigenvalue weighted by Gasteiger charge is 2.27. The zero-order valence-corrected chi connectivity index (χ0v) is 18.0. The molecule has 5 nitrogen and oxygen atoms in total. The first-order chi connectivity index (χ1) is 13.4. The third-order valence-electron chi connectivity index (χ3n) is 5.62. The molecule has 28 heavy (non-hydrogen) atoms. The highest BCUT2D eigenvalue weighted by Crippen LogP contribution is 2.26. The lowest BCUT2D eigenvalue weighted by molar-refractivity contribution is 0.0720. The Morgan fingerprint density at radius 3 is 2.39 bits per heavy atom. The monoisotopic (exact) mass is 420 g/mol. The molecule has 2 aromatic rings. The smallest absolute Gasteiger partial charge is 0.274 e. The van der Waals surface area contributed by atoms with Crippen molar-refractivity contribution in [3.63, 3.8) is 0 Å². The Hall–Kier alpha value is -1.85. The predicted molar refractivity (Wildman–Crippen MR) is 115 cm³/mol. The van der Waals surface area contributed by atoms with Crippen molar-refractivity contribution in [3.05, 3.63) is 51.8 Å². The molecule has 150 valence electrons. The fraction of sp³-hybridized carbons (Fsp3) is 0.476. The first-order valence-corrected chi connectivity index (χ1v) is 10.4. The van der Waals surface area contributed by atoms with E-state index in [0.29, 0.717) is 11.0 Å². The summed E-state index contributed by atoms with van der Waals surface area (Å²) in [5, 5.41) is 0.981. The third kappa shape index (κ3) is 4.58. The molecular weight excluding hydrogens is 395 g/mol. The molecule has 0 aliphatic carbocycles. The molecular formula is C21H26Cl2N4O. The highest BCUT2D eigenvalue weighted by atomic mass is 35.5. The van der Waals surface area contributed by atoms with Crippen LogP contribution in [-0.4, -0.2) is 47.0 Å². The van der Waals surface area contributed by atoms with E-state index >= 15 is 0 Å². The lowest BCUT2D eigenvalue weighted by atomic mass is 9.93. The number of likely N-dealkylation sites (N-methyl/N-ethyl adjacent to an activating group) is 1. The van der Waals surface area contributed by atoms with Crippen LogP contribution in [0.3, 0.4) is 0 Å². The number of anilines is 1. The van der Waals surface area contributed by atoms with Crippen LogP contribution in [0.2, 0.25) is 10.0 Å². The zero-order chi connectivity index (χ0) is 20.3. The molecule has 7 heteroatoms. The summed E-state index contributed by atoms with van der Waals surface area (Å²) in [6.45, 7) is 5.94. The van der Waals surface area contributed by atoms with Crippen LogP contribution in [0.25, 0.3) is 0 Å². The second kappa shape index (κ2) is 9.10. The van der Waals surface area contributed by atoms with Crippen molar-refractivity contribution in [2.24, 2.45) is 0 Å². The second-order valence-corrected chi connectivity index (χ2v) is 8.25. The number of piperidine rings is 1. The number of carbonyl (C=O) groups excluding carboxylic acids is 1. The number of carbonyl (C=O) groups is 1. The number of halogens is 2. The molecule has 0 unspecified atom stereocenters. The van der Waals surface area contributed by atoms with E-state index in [2.05, 4.69) is 21.8 Å². The van der Waals surface area contributed by atoms with Crippen molar-refractivity contribution in [3.8, 4) is 0 Å². The van der Waals surface area contributed by atoms with Crippen LogP contribution in [-0.2, 0) is 0 Å². The number of amides is 1. The van der Waals surface area contributed by atoms with E-state index < -0.39 is 0 Å². The van der Waals surface area contributed by atoms with E-state index in [1.54, 1.807) is 11.9 Å². The number of benzene rings is 1. The van der Waals surface area contributed by atoms with Gasteiger partial charge in [0.2, 0.25) is 5.95 Å². The SMILES string of the molecule is C[C@H]([C@@H](C)c1ccc(Cl)cc1)N(C)C(=O)c1nc(N2CCCCC2)ncc1Cl. The fourth-order valence-corrected chi connectivity index (χ4v) is 3.78. The molecule has 0 saturated carbocycles. The molecule has 3 rings (SSSR count). The molecule has 0 bridgehead atoms. The van der Waals surface area contributed by atoms with Gasteiger partial charge in [-0.3, -0.25) is 4.79 Å². The van der Waals surface area contributed by atoms with Gasteiger partial charge in [0.05, 0.1) is 11.2 Å². The average molecular weight is 421 g/mol. The van der Waals surface area contributed by atoms with Crippen LogP contribution in [0.1, 0.15) is 55.1 Å². The molecule has 0 radical (unpaired) electrons. The van der Waals surface area contributed by atoms with Crippen LogP contribution < -0.4 is 4.90 Å². The predicted octanol–water partition coefficient (Wildman–Crippen LogP) is 5.04. The Morgan fingerprint density at radius 1 is 1.11 bits per heavy atom. The van der Waals surface area contributed by atoms with Crippen LogP contribution in [0, 0.1) is 0 Å². The Bertz CT molecular complexity index is 822. The van der Waals surface area contributed by atoms with E-state index in [1.165, 1.54) is 12.6 Å². The van der Waals surface area contributed by atoms with Crippen LogP contribution in [0.4, 0.5) is 5.95 Å². The van der Waals surface area contributed by atoms with E-state index in [-0.39, 0.29) is 28.6 Å². The minimum atomic E-state index is -0.195. The largest absolute Gasteiger partial charge is 0.341 e. The van der Waals surface area contributed by atoms with Crippen LogP contribution in [0.15, 0.2) is 30.5 Å². The molecule has 1 aromatic carbocycles. The fourth-order valence-electron chi connectivity index (χ4n) is 3.49. The first kappa shape index (κ1) is 20.9. The Balaban J connectivity index is 1.79. The van der Waals surface area contributed by atoms with Crippen molar-refractivity contribution < 1.29 is 4.79 Å². The van der Waals surface area contributed by atoms with Crippen molar-refractivity contribution in [2.45, 2.75) is 45.1 Å². The quantitative estimate of drug-likeness (QED) is 0.679. The molecule has 1 amide bonds. The number of aromatic nitrogens is 2. The molecule has 0 spiro atoms. The van der Waals surface area contributed by atoms with Crippen molar-refractivity contribution >= 4 is 35.1 Å². The Kier molecular flexibility index (Phi) is 6.78. The maximum Gasteiger partial charge on any atom is 0.274 e. The van der Waals surface area contributed by atoms with E-state index in [4.69, 9.17) is 23.2 Å². The summed E-state index contributed by atoms with van der Waals surface area (Å²) in [5.74, 6) is 0.520. The summed E-state index contributed by atoms with van der Waals surface area (Å²) in [5.41, 5.74) is 1.38. The van der Waals surface area contributed by atoms with Gasteiger partial charge in [0.15, 0.2) is 5.69 Å². The molecule has 2 heterocycles. The van der Waals surface area contributed by atoms with Gasteiger partial charge in [-0.15, -0.1) is 0 Å². The maximum atomic E-state index is 13.1. The summed E-state index contributed by atoms with van der Waals surface area (Å²) in [6, 6.07) is 7.68. The highest BCUT2D eigenvalue weighted by molar-refractivity contribution is 6.33. The van der Waals surface area contributed by atoms with Gasteiger partial charge in [0, 0.05) is 37.1 Å². The molecule has 1 saturated heterocycles. The topological polar surface area (TPSA) is 49.3 Å². The number of nitrogens with zero attached hydrogens (tertiary/aromatic N) is 4. The van der Waals surface area contributed by atoms with Crippen molar-refractivity contribution in [1.82, 2.24) is 14.9 Å². The zero-order valence-electron chi connectivity index (χ0n) is 16.5. The molecule has 1 aliphatic heterocycles. The summed E-state index contributed by atoms with van der Waals surface area (Å²) in [4.78, 5) is 25.8. The maximum absolute atomic E-state index is 13.1. The minimum absolute atomic E-state index is 0.0434. The Labute approximate surface area is 176 Å². The lowest BCUT2D eigenvalue weighted by Gasteiger charge is -2.31. The Morgan fingerprint density at radius 2 is 1.75 bits per heavy atom. The van der Waals surface area contributed by atoms with Crippen LogP contribution >= 0.6 is 23.2 Å². The van der Waals surface area contributed by atoms with Gasteiger partial charge >= 0.3 is 0 Å². The van der Waals surface area contributed by atoms with Crippen molar-refractivity contribution in [1.29, 1.82) is 0 Å². The summed E-state index contributed by atoms with van der Waals surface area (Å²) in [6.07, 6.45) is 4.99. The van der Waals surface area contributed by atoms with Gasteiger partial charge in [-0.05, 0) is 43.9 Å². The molecule has 1 aromatic heterocycles. The summed E-state index contributed by atoms with van der Waals surface area (Å²) >= 11 is 12.3. The van der Waals surface area contributed by atoms with Crippen LogP contribution in [0.5, 0.6) is 0 Å². The van der Waals surface area contributed by atoms with E-state index in [9.17, 15) is 4.79 Å². The first-order valence-electron chi connectivity index (χ1n) is 9.68. The third-order valence-corrected chi connectivity index (χ3v) is 6.15. The van der Waals surface area contributed by atoms with Gasteiger partial charge < -0.3 is 9.80 Å². The van der Waals surface area contributed by atoms with Gasteiger partial charge in [0.25, 0.3) is 5.91 Å². The van der Waals surface area contributed by atoms with Gasteiger partial charge in [-0.2, -0.15) is 0 Å². The molecule has 1 aliphatic rings. The second-order valence-electron chi connectivity index (χ2n) is 7.41. The normalized spacial score (nSPS) is 16.5. The lowest BCUT2D eigenvalue weighted by Crippen LogP contribution is -2.39. The minimum Gasteiger partial charge on any atom is -0.341 e. The van der Waals surface area contributed by atoms with Gasteiger partial charge in [-0.1, -0.05) is 42.3 Å². The standard InChI is InChI=1S/C21H26Cl2N4O/c1-14(16-7-9-17(22)10-8-16)15(2)26(3)20(28)19-18(23)13-24-21(25-19)27-11-5-4-6-12-27/h7-10,13-15H,4-6,11-12H2,1-3H3/t14-,15-/m1/s1. The van der Waals surface area contributed by atoms with Gasteiger partial charge in [0.1, 0.15) is 0 Å². The van der Waals surface area contributed by atoms with E-state index in [1.807, 2.05) is 31.2 Å². The van der Waals surface area contributed by atoms with Gasteiger partial charge in [-0.25, -0.2) is 9.97 Å². The number of rotatable bonds is 5. The number of hydrogen-bond acceptors (Lipinski definition) is 4. The average Bonchev–Trinajstić information content (AvgIpc) is 2.73. The molecule has 1 fully saturated rings. The summed E-state index contributed by atoms with van der Waals surface area (Å²) < 4.78 is 0. The summed E-state index contributed by atoms with van der Waals surface area (Å²) in [7, 11) is 1.79. The molecule has 0 N–H and O–H groups in total.